The van der Waals surface area contributed by atoms with Crippen LogP contribution in [0.2, 0.25) is 10.0 Å². The van der Waals surface area contributed by atoms with Gasteiger partial charge in [0, 0.05) is 59.9 Å². The van der Waals surface area contributed by atoms with Crippen LogP contribution in [-0.4, -0.2) is 58.6 Å². The summed E-state index contributed by atoms with van der Waals surface area (Å²) in [6.45, 7) is 4.18. The van der Waals surface area contributed by atoms with Gasteiger partial charge in [0.15, 0.2) is 0 Å². The number of nitrogens with zero attached hydrogens (tertiary/aromatic N) is 4. The highest BCUT2D eigenvalue weighted by Gasteiger charge is 2.40. The number of hydrogen-bond donors (Lipinski definition) is 0. The van der Waals surface area contributed by atoms with Crippen LogP contribution in [0.1, 0.15) is 17.2 Å². The van der Waals surface area contributed by atoms with Crippen LogP contribution in [0.25, 0.3) is 5.69 Å². The number of halogens is 2. The summed E-state index contributed by atoms with van der Waals surface area (Å²) in [6.07, 6.45) is 6.27. The summed E-state index contributed by atoms with van der Waals surface area (Å²) in [7, 11) is 2.17. The lowest BCUT2D eigenvalue weighted by molar-refractivity contribution is 0.0454. The molecule has 0 saturated carbocycles. The molecule has 2 aliphatic rings. The van der Waals surface area contributed by atoms with Gasteiger partial charge in [0.25, 0.3) is 0 Å². The first-order valence-corrected chi connectivity index (χ1v) is 11.0. The fourth-order valence-corrected chi connectivity index (χ4v) is 5.07. The molecule has 1 aliphatic carbocycles. The van der Waals surface area contributed by atoms with Gasteiger partial charge in [-0.15, -0.1) is 0 Å². The number of aromatic nitrogens is 2. The highest BCUT2D eigenvalue weighted by molar-refractivity contribution is 6.35. The lowest BCUT2D eigenvalue weighted by Gasteiger charge is -2.38. The minimum absolute atomic E-state index is 0.0984. The van der Waals surface area contributed by atoms with Gasteiger partial charge in [-0.3, -0.25) is 4.90 Å². The molecule has 0 bridgehead atoms. The van der Waals surface area contributed by atoms with E-state index in [0.29, 0.717) is 5.02 Å². The highest BCUT2D eigenvalue weighted by atomic mass is 35.5. The smallest absolute Gasteiger partial charge is 0.140 e. The Hall–Kier alpha value is -2.05. The van der Waals surface area contributed by atoms with Crippen molar-refractivity contribution < 1.29 is 4.74 Å². The number of ether oxygens (including phenoxy) is 1. The Morgan fingerprint density at radius 3 is 2.50 bits per heavy atom. The Balaban J connectivity index is 1.44. The van der Waals surface area contributed by atoms with Crippen molar-refractivity contribution in [3.8, 4) is 11.4 Å². The molecular weight excluding hydrogens is 419 g/mol. The van der Waals surface area contributed by atoms with E-state index in [2.05, 4.69) is 21.8 Å². The van der Waals surface area contributed by atoms with Crippen molar-refractivity contribution >= 4 is 23.2 Å². The molecule has 1 aliphatic heterocycles. The summed E-state index contributed by atoms with van der Waals surface area (Å²) in [4.78, 5) is 9.02. The van der Waals surface area contributed by atoms with Crippen LogP contribution < -0.4 is 4.74 Å². The van der Waals surface area contributed by atoms with Crippen LogP contribution >= 0.6 is 23.2 Å². The Labute approximate surface area is 186 Å². The first-order valence-electron chi connectivity index (χ1n) is 10.2. The summed E-state index contributed by atoms with van der Waals surface area (Å²) in [5.41, 5.74) is 3.31. The van der Waals surface area contributed by atoms with Crippen molar-refractivity contribution in [2.24, 2.45) is 0 Å². The predicted octanol–water partition coefficient (Wildman–Crippen LogP) is 4.47. The quantitative estimate of drug-likeness (QED) is 0.596. The molecule has 0 amide bonds. The van der Waals surface area contributed by atoms with Crippen molar-refractivity contribution in [2.45, 2.75) is 18.6 Å². The molecule has 0 spiro atoms. The van der Waals surface area contributed by atoms with E-state index in [1.54, 1.807) is 12.5 Å². The number of likely N-dealkylation sites (N-methyl/N-ethyl adjacent to an activating group) is 1. The van der Waals surface area contributed by atoms with E-state index in [9.17, 15) is 0 Å². The van der Waals surface area contributed by atoms with Gasteiger partial charge in [0.2, 0.25) is 0 Å². The van der Waals surface area contributed by atoms with Gasteiger partial charge >= 0.3 is 0 Å². The first-order chi connectivity index (χ1) is 14.6. The number of benzene rings is 2. The number of imidazole rings is 1. The average Bonchev–Trinajstić information content (AvgIpc) is 3.39. The van der Waals surface area contributed by atoms with Crippen LogP contribution in [0.15, 0.2) is 55.1 Å². The zero-order chi connectivity index (χ0) is 20.7. The van der Waals surface area contributed by atoms with Crippen LogP contribution in [0, 0.1) is 0 Å². The summed E-state index contributed by atoms with van der Waals surface area (Å²) in [5.74, 6) is 0.840. The SMILES string of the molecule is CN1CCN([C@@H]2Cc3c(Cl)cc(Cl)cc3[C@H]2Oc2ccc(-n3ccnc3)cc2)CC1. The molecule has 5 rings (SSSR count). The van der Waals surface area contributed by atoms with Gasteiger partial charge in [-0.25, -0.2) is 4.98 Å². The maximum atomic E-state index is 6.58. The largest absolute Gasteiger partial charge is 0.484 e. The summed E-state index contributed by atoms with van der Waals surface area (Å²) in [6, 6.07) is 12.2. The summed E-state index contributed by atoms with van der Waals surface area (Å²) < 4.78 is 8.55. The Morgan fingerprint density at radius 2 is 1.80 bits per heavy atom. The topological polar surface area (TPSA) is 33.5 Å². The third kappa shape index (κ3) is 3.83. The van der Waals surface area contributed by atoms with Crippen molar-refractivity contribution in [3.05, 3.63) is 76.3 Å². The van der Waals surface area contributed by atoms with Crippen LogP contribution in [-0.2, 0) is 6.42 Å². The zero-order valence-electron chi connectivity index (χ0n) is 16.8. The van der Waals surface area contributed by atoms with Crippen molar-refractivity contribution in [3.63, 3.8) is 0 Å². The normalized spacial score (nSPS) is 22.2. The van der Waals surface area contributed by atoms with E-state index in [0.717, 1.165) is 60.2 Å². The molecule has 2 aromatic carbocycles. The molecule has 0 N–H and O–H groups in total. The standard InChI is InChI=1S/C23H24Cl2N4O/c1-27-8-10-28(11-9-27)22-14-19-20(12-16(24)13-21(19)25)23(22)30-18-4-2-17(3-5-18)29-7-6-26-15-29/h2-7,12-13,15,22-23H,8-11,14H2,1H3/t22-,23-/m1/s1. The Morgan fingerprint density at radius 1 is 1.03 bits per heavy atom. The summed E-state index contributed by atoms with van der Waals surface area (Å²) >= 11 is 12.9. The predicted molar refractivity (Wildman–Crippen MR) is 120 cm³/mol. The molecule has 2 heterocycles. The van der Waals surface area contributed by atoms with Gasteiger partial charge in [0.1, 0.15) is 11.9 Å². The highest BCUT2D eigenvalue weighted by Crippen LogP contribution is 2.42. The van der Waals surface area contributed by atoms with E-state index in [4.69, 9.17) is 27.9 Å². The third-order valence-electron chi connectivity index (χ3n) is 6.17. The number of rotatable bonds is 4. The van der Waals surface area contributed by atoms with Gasteiger partial charge in [-0.2, -0.15) is 0 Å². The van der Waals surface area contributed by atoms with Crippen LogP contribution in [0.5, 0.6) is 5.75 Å². The van der Waals surface area contributed by atoms with E-state index < -0.39 is 0 Å². The van der Waals surface area contributed by atoms with E-state index >= 15 is 0 Å². The molecule has 1 fully saturated rings. The second-order valence-corrected chi connectivity index (χ2v) is 8.91. The third-order valence-corrected chi connectivity index (χ3v) is 6.73. The lowest BCUT2D eigenvalue weighted by Crippen LogP contribution is -2.50. The van der Waals surface area contributed by atoms with Crippen LogP contribution in [0.3, 0.4) is 0 Å². The van der Waals surface area contributed by atoms with E-state index in [1.165, 1.54) is 0 Å². The molecule has 5 nitrogen and oxygen atoms in total. The minimum Gasteiger partial charge on any atom is -0.484 e. The molecule has 1 saturated heterocycles. The number of hydrogen-bond acceptors (Lipinski definition) is 4. The first kappa shape index (κ1) is 19.9. The molecular formula is C23H24Cl2N4O. The second kappa shape index (κ2) is 8.23. The zero-order valence-corrected chi connectivity index (χ0v) is 18.4. The number of piperazine rings is 1. The second-order valence-electron chi connectivity index (χ2n) is 8.07. The van der Waals surface area contributed by atoms with Gasteiger partial charge in [-0.1, -0.05) is 23.2 Å². The molecule has 7 heteroatoms. The fraction of sp³-hybridized carbons (Fsp3) is 0.348. The average molecular weight is 443 g/mol. The molecule has 30 heavy (non-hydrogen) atoms. The van der Waals surface area contributed by atoms with Gasteiger partial charge in [0.05, 0.1) is 12.4 Å². The van der Waals surface area contributed by atoms with Gasteiger partial charge in [-0.05, 0) is 55.4 Å². The minimum atomic E-state index is -0.0984. The van der Waals surface area contributed by atoms with Crippen molar-refractivity contribution in [1.29, 1.82) is 0 Å². The Bertz CT molecular complexity index is 1010. The molecule has 0 radical (unpaired) electrons. The van der Waals surface area contributed by atoms with Gasteiger partial charge < -0.3 is 14.2 Å². The Kier molecular flexibility index (Phi) is 5.46. The summed E-state index contributed by atoms with van der Waals surface area (Å²) in [5, 5.41) is 1.39. The number of fused-ring (bicyclic) bond motifs is 1. The molecule has 156 valence electrons. The monoisotopic (exact) mass is 442 g/mol. The van der Waals surface area contributed by atoms with E-state index in [1.807, 2.05) is 47.2 Å². The molecule has 2 atom stereocenters. The fourth-order valence-electron chi connectivity index (χ4n) is 4.49. The maximum Gasteiger partial charge on any atom is 0.140 e. The van der Waals surface area contributed by atoms with E-state index in [-0.39, 0.29) is 12.1 Å². The van der Waals surface area contributed by atoms with Crippen molar-refractivity contribution in [2.75, 3.05) is 33.2 Å². The lowest BCUT2D eigenvalue weighted by atomic mass is 10.1. The molecule has 3 aromatic rings. The van der Waals surface area contributed by atoms with Crippen LogP contribution in [0.4, 0.5) is 0 Å². The van der Waals surface area contributed by atoms with Crippen molar-refractivity contribution in [1.82, 2.24) is 19.4 Å². The molecule has 0 unspecified atom stereocenters. The maximum absolute atomic E-state index is 6.58. The molecule has 1 aromatic heterocycles.